The number of rotatable bonds is 0. The van der Waals surface area contributed by atoms with Crippen LogP contribution in [0.25, 0.3) is 0 Å². The molecular formula is C7H6O3. The molecule has 0 heterocycles. The van der Waals surface area contributed by atoms with Crippen molar-refractivity contribution in [2.75, 3.05) is 0 Å². The number of hydrogen-bond acceptors (Lipinski definition) is 3. The van der Waals surface area contributed by atoms with Gasteiger partial charge in [0.2, 0.25) is 11.6 Å². The summed E-state index contributed by atoms with van der Waals surface area (Å²) >= 11 is 0. The maximum Gasteiger partial charge on any atom is 0.221 e. The molecule has 0 amide bonds. The number of hydrogen-bond donors (Lipinski definition) is 0. The van der Waals surface area contributed by atoms with Crippen LogP contribution in [0, 0.1) is 0 Å². The van der Waals surface area contributed by atoms with Crippen molar-refractivity contribution in [3.63, 3.8) is 0 Å². The van der Waals surface area contributed by atoms with Crippen LogP contribution >= 0.6 is 0 Å². The van der Waals surface area contributed by atoms with E-state index >= 15 is 0 Å². The van der Waals surface area contributed by atoms with Gasteiger partial charge in [-0.2, -0.15) is 0 Å². The molecule has 0 aromatic carbocycles. The first-order valence-electron chi connectivity index (χ1n) is 2.98. The molecule has 0 aromatic rings. The average Bonchev–Trinajstić information content (AvgIpc) is 2.04. The molecule has 0 atom stereocenters. The van der Waals surface area contributed by atoms with Crippen molar-refractivity contribution >= 4 is 17.3 Å². The molecule has 10 heavy (non-hydrogen) atoms. The Morgan fingerprint density at radius 2 is 1.70 bits per heavy atom. The fourth-order valence-electron chi connectivity index (χ4n) is 0.705. The SMILES string of the molecule is O=C1C=CC(=O)C(=O)CC1. The number of Topliss-reactive ketones (excluding diaryl/α,β-unsaturated/α-hetero) is 1. The summed E-state index contributed by atoms with van der Waals surface area (Å²) < 4.78 is 0. The lowest BCUT2D eigenvalue weighted by Gasteiger charge is -1.86. The fraction of sp³-hybridized carbons (Fsp3) is 0.286. The molecule has 0 saturated carbocycles. The maximum atomic E-state index is 10.6. The molecular weight excluding hydrogens is 132 g/mol. The topological polar surface area (TPSA) is 51.2 Å². The molecule has 1 aliphatic rings. The lowest BCUT2D eigenvalue weighted by molar-refractivity contribution is -0.134. The Balaban J connectivity index is 2.81. The molecule has 0 aromatic heterocycles. The van der Waals surface area contributed by atoms with E-state index < -0.39 is 11.6 Å². The van der Waals surface area contributed by atoms with E-state index in [4.69, 9.17) is 0 Å². The number of carbonyl (C=O) groups is 3. The van der Waals surface area contributed by atoms with E-state index in [1.807, 2.05) is 0 Å². The van der Waals surface area contributed by atoms with Crippen LogP contribution in [0.5, 0.6) is 0 Å². The number of ketones is 3. The first kappa shape index (κ1) is 6.86. The highest BCUT2D eigenvalue weighted by Crippen LogP contribution is 2.00. The van der Waals surface area contributed by atoms with Gasteiger partial charge < -0.3 is 0 Å². The van der Waals surface area contributed by atoms with E-state index in [1.54, 1.807) is 0 Å². The van der Waals surface area contributed by atoms with Crippen LogP contribution in [-0.4, -0.2) is 17.3 Å². The van der Waals surface area contributed by atoms with Crippen LogP contribution in [0.1, 0.15) is 12.8 Å². The number of allylic oxidation sites excluding steroid dienone is 2. The zero-order valence-electron chi connectivity index (χ0n) is 5.29. The third-order valence-corrected chi connectivity index (χ3v) is 1.29. The summed E-state index contributed by atoms with van der Waals surface area (Å²) in [6, 6.07) is 0. The highest BCUT2D eigenvalue weighted by molar-refractivity contribution is 6.43. The second-order valence-corrected chi connectivity index (χ2v) is 2.09. The van der Waals surface area contributed by atoms with Gasteiger partial charge in [-0.05, 0) is 12.2 Å². The first-order chi connectivity index (χ1) is 4.70. The number of carbonyl (C=O) groups excluding carboxylic acids is 3. The Morgan fingerprint density at radius 3 is 2.40 bits per heavy atom. The minimum absolute atomic E-state index is 0.0602. The summed E-state index contributed by atoms with van der Waals surface area (Å²) in [5.74, 6) is -1.19. The second kappa shape index (κ2) is 2.56. The minimum atomic E-state index is -0.564. The van der Waals surface area contributed by atoms with Crippen LogP contribution in [0.3, 0.4) is 0 Å². The Hall–Kier alpha value is -1.25. The minimum Gasteiger partial charge on any atom is -0.295 e. The van der Waals surface area contributed by atoms with Gasteiger partial charge in [0.05, 0.1) is 0 Å². The van der Waals surface area contributed by atoms with E-state index in [0.717, 1.165) is 12.2 Å². The first-order valence-corrected chi connectivity index (χ1v) is 2.98. The lowest BCUT2D eigenvalue weighted by atomic mass is 10.2. The molecule has 1 aliphatic carbocycles. The molecule has 0 unspecified atom stereocenters. The smallest absolute Gasteiger partial charge is 0.221 e. The van der Waals surface area contributed by atoms with Gasteiger partial charge in [-0.1, -0.05) is 0 Å². The highest BCUT2D eigenvalue weighted by Gasteiger charge is 2.15. The zero-order chi connectivity index (χ0) is 7.56. The molecule has 1 rings (SSSR count). The molecule has 0 radical (unpaired) electrons. The molecule has 0 aliphatic heterocycles. The van der Waals surface area contributed by atoms with Crippen molar-refractivity contribution in [1.82, 2.24) is 0 Å². The Morgan fingerprint density at radius 1 is 1.00 bits per heavy atom. The third kappa shape index (κ3) is 1.37. The Kier molecular flexibility index (Phi) is 1.76. The van der Waals surface area contributed by atoms with E-state index in [1.165, 1.54) is 0 Å². The van der Waals surface area contributed by atoms with E-state index in [2.05, 4.69) is 0 Å². The predicted octanol–water partition coefficient (Wildman–Crippen LogP) is 0.0437. The van der Waals surface area contributed by atoms with E-state index in [9.17, 15) is 14.4 Å². The van der Waals surface area contributed by atoms with Crippen molar-refractivity contribution in [2.24, 2.45) is 0 Å². The molecule has 3 heteroatoms. The average molecular weight is 138 g/mol. The largest absolute Gasteiger partial charge is 0.295 e. The molecule has 0 saturated heterocycles. The van der Waals surface area contributed by atoms with Gasteiger partial charge in [0, 0.05) is 12.8 Å². The summed E-state index contributed by atoms with van der Waals surface area (Å²) in [5, 5.41) is 0. The summed E-state index contributed by atoms with van der Waals surface area (Å²) in [6.45, 7) is 0. The Labute approximate surface area is 57.7 Å². The Bertz CT molecular complexity index is 225. The lowest BCUT2D eigenvalue weighted by Crippen LogP contribution is -2.08. The zero-order valence-corrected chi connectivity index (χ0v) is 5.29. The van der Waals surface area contributed by atoms with Gasteiger partial charge in [0.1, 0.15) is 0 Å². The van der Waals surface area contributed by atoms with Crippen molar-refractivity contribution in [3.05, 3.63) is 12.2 Å². The standard InChI is InChI=1S/C7H6O3/c8-5-1-3-6(9)7(10)4-2-5/h1,3H,2,4H2. The molecule has 0 N–H and O–H groups in total. The van der Waals surface area contributed by atoms with Crippen molar-refractivity contribution in [3.8, 4) is 0 Å². The summed E-state index contributed by atoms with van der Waals surface area (Å²) in [5.41, 5.74) is 0. The van der Waals surface area contributed by atoms with Crippen molar-refractivity contribution in [2.45, 2.75) is 12.8 Å². The summed E-state index contributed by atoms with van der Waals surface area (Å²) in [4.78, 5) is 31.8. The van der Waals surface area contributed by atoms with Gasteiger partial charge in [-0.25, -0.2) is 0 Å². The molecule has 0 spiro atoms. The molecule has 0 bridgehead atoms. The molecule has 52 valence electrons. The summed E-state index contributed by atoms with van der Waals surface area (Å²) in [7, 11) is 0. The van der Waals surface area contributed by atoms with Crippen molar-refractivity contribution in [1.29, 1.82) is 0 Å². The van der Waals surface area contributed by atoms with Crippen LogP contribution in [0.4, 0.5) is 0 Å². The summed E-state index contributed by atoms with van der Waals surface area (Å²) in [6.07, 6.45) is 2.43. The van der Waals surface area contributed by atoms with E-state index in [0.29, 0.717) is 0 Å². The van der Waals surface area contributed by atoms with Gasteiger partial charge >= 0.3 is 0 Å². The fourth-order valence-corrected chi connectivity index (χ4v) is 0.705. The third-order valence-electron chi connectivity index (χ3n) is 1.29. The quantitative estimate of drug-likeness (QED) is 0.444. The van der Waals surface area contributed by atoms with Gasteiger partial charge in [-0.15, -0.1) is 0 Å². The van der Waals surface area contributed by atoms with Crippen LogP contribution in [-0.2, 0) is 14.4 Å². The maximum absolute atomic E-state index is 10.6. The highest BCUT2D eigenvalue weighted by atomic mass is 16.2. The van der Waals surface area contributed by atoms with E-state index in [-0.39, 0.29) is 18.6 Å². The van der Waals surface area contributed by atoms with Crippen LogP contribution in [0.2, 0.25) is 0 Å². The predicted molar refractivity (Wildman–Crippen MR) is 33.4 cm³/mol. The van der Waals surface area contributed by atoms with Gasteiger partial charge in [0.25, 0.3) is 0 Å². The normalized spacial score (nSPS) is 19.4. The second-order valence-electron chi connectivity index (χ2n) is 2.09. The van der Waals surface area contributed by atoms with Gasteiger partial charge in [-0.3, -0.25) is 14.4 Å². The monoisotopic (exact) mass is 138 g/mol. The molecule has 3 nitrogen and oxygen atoms in total. The molecule has 0 fully saturated rings. The van der Waals surface area contributed by atoms with Crippen LogP contribution in [0.15, 0.2) is 12.2 Å². The van der Waals surface area contributed by atoms with Gasteiger partial charge in [0.15, 0.2) is 5.78 Å². The van der Waals surface area contributed by atoms with Crippen molar-refractivity contribution < 1.29 is 14.4 Å². The van der Waals surface area contributed by atoms with Crippen LogP contribution < -0.4 is 0 Å².